The summed E-state index contributed by atoms with van der Waals surface area (Å²) in [4.78, 5) is 26.8. The lowest BCUT2D eigenvalue weighted by Crippen LogP contribution is -2.23. The van der Waals surface area contributed by atoms with E-state index in [-0.39, 0.29) is 11.1 Å². The molecule has 2 aromatic carbocycles. The van der Waals surface area contributed by atoms with Crippen LogP contribution >= 0.6 is 0 Å². The van der Waals surface area contributed by atoms with Crippen LogP contribution in [0.25, 0.3) is 11.1 Å². The number of H-pyrrole nitrogens is 1. The van der Waals surface area contributed by atoms with Gasteiger partial charge in [-0.1, -0.05) is 49.7 Å². The van der Waals surface area contributed by atoms with Crippen molar-refractivity contribution in [3.63, 3.8) is 0 Å². The largest absolute Gasteiger partial charge is 0.326 e. The summed E-state index contributed by atoms with van der Waals surface area (Å²) in [5, 5.41) is 2.76. The molecule has 1 aromatic heterocycles. The standard InChI is InChI=1S/C22H22N2O2/c1-3-4-16-6-8-17(9-7-16)18-10-12-19(13-11-18)24-22(26)20-14-5-15(2)23-21(20)25/h5-14H,3-4H2,1-2H3,(H,23,25)(H,24,26). The van der Waals surface area contributed by atoms with Crippen LogP contribution in [0, 0.1) is 6.92 Å². The molecule has 0 saturated carbocycles. The Kier molecular flexibility index (Phi) is 5.32. The van der Waals surface area contributed by atoms with Crippen molar-refractivity contribution in [1.29, 1.82) is 0 Å². The van der Waals surface area contributed by atoms with E-state index in [2.05, 4.69) is 41.5 Å². The number of aryl methyl sites for hydroxylation is 2. The molecular formula is C22H22N2O2. The Morgan fingerprint density at radius 1 is 0.923 bits per heavy atom. The van der Waals surface area contributed by atoms with E-state index in [1.165, 1.54) is 11.6 Å². The SMILES string of the molecule is CCCc1ccc(-c2ccc(NC(=O)c3ccc(C)[nH]c3=O)cc2)cc1. The average Bonchev–Trinajstić information content (AvgIpc) is 2.63. The molecule has 0 saturated heterocycles. The fourth-order valence-corrected chi connectivity index (χ4v) is 2.85. The number of hydrogen-bond donors (Lipinski definition) is 2. The van der Waals surface area contributed by atoms with Crippen molar-refractivity contribution in [3.05, 3.63) is 87.8 Å². The zero-order valence-electron chi connectivity index (χ0n) is 15.0. The number of aromatic amines is 1. The first-order valence-corrected chi connectivity index (χ1v) is 8.77. The number of rotatable bonds is 5. The summed E-state index contributed by atoms with van der Waals surface area (Å²) in [5.74, 6) is -0.414. The Morgan fingerprint density at radius 2 is 1.54 bits per heavy atom. The van der Waals surface area contributed by atoms with Crippen molar-refractivity contribution >= 4 is 11.6 Å². The molecule has 4 heteroatoms. The predicted molar refractivity (Wildman–Crippen MR) is 106 cm³/mol. The molecule has 4 nitrogen and oxygen atoms in total. The van der Waals surface area contributed by atoms with E-state index in [9.17, 15) is 9.59 Å². The second-order valence-corrected chi connectivity index (χ2v) is 6.36. The molecule has 0 bridgehead atoms. The number of benzene rings is 2. The molecule has 0 fully saturated rings. The molecule has 0 aliphatic carbocycles. The normalized spacial score (nSPS) is 10.5. The first-order chi connectivity index (χ1) is 12.6. The van der Waals surface area contributed by atoms with E-state index in [1.807, 2.05) is 24.3 Å². The fraction of sp³-hybridized carbons (Fsp3) is 0.182. The molecule has 0 aliphatic rings. The average molecular weight is 346 g/mol. The lowest BCUT2D eigenvalue weighted by Gasteiger charge is -2.07. The van der Waals surface area contributed by atoms with E-state index in [0.29, 0.717) is 5.69 Å². The maximum Gasteiger partial charge on any atom is 0.261 e. The summed E-state index contributed by atoms with van der Waals surface area (Å²) >= 11 is 0. The highest BCUT2D eigenvalue weighted by Crippen LogP contribution is 2.22. The maximum atomic E-state index is 12.3. The summed E-state index contributed by atoms with van der Waals surface area (Å²) < 4.78 is 0. The minimum atomic E-state index is -0.414. The van der Waals surface area contributed by atoms with Crippen molar-refractivity contribution < 1.29 is 4.79 Å². The van der Waals surface area contributed by atoms with E-state index < -0.39 is 5.91 Å². The van der Waals surface area contributed by atoms with Gasteiger partial charge in [0.1, 0.15) is 5.56 Å². The van der Waals surface area contributed by atoms with Gasteiger partial charge in [0.15, 0.2) is 0 Å². The quantitative estimate of drug-likeness (QED) is 0.711. The number of carbonyl (C=O) groups excluding carboxylic acids is 1. The van der Waals surface area contributed by atoms with Gasteiger partial charge in [-0.05, 0) is 54.3 Å². The highest BCUT2D eigenvalue weighted by molar-refractivity contribution is 6.04. The topological polar surface area (TPSA) is 62.0 Å². The highest BCUT2D eigenvalue weighted by atomic mass is 16.2. The second-order valence-electron chi connectivity index (χ2n) is 6.36. The Labute approximate surface area is 152 Å². The summed E-state index contributed by atoms with van der Waals surface area (Å²) in [6.45, 7) is 3.95. The number of aromatic nitrogens is 1. The van der Waals surface area contributed by atoms with Crippen LogP contribution in [0.2, 0.25) is 0 Å². The zero-order valence-corrected chi connectivity index (χ0v) is 15.0. The monoisotopic (exact) mass is 346 g/mol. The van der Waals surface area contributed by atoms with Gasteiger partial charge in [0.2, 0.25) is 0 Å². The predicted octanol–water partition coefficient (Wildman–Crippen LogP) is 4.56. The Hall–Kier alpha value is -3.14. The van der Waals surface area contributed by atoms with E-state index in [1.54, 1.807) is 13.0 Å². The van der Waals surface area contributed by atoms with Crippen LogP contribution in [0.1, 0.15) is 35.0 Å². The summed E-state index contributed by atoms with van der Waals surface area (Å²) in [5.41, 5.74) is 4.65. The number of nitrogens with one attached hydrogen (secondary N) is 2. The van der Waals surface area contributed by atoms with Gasteiger partial charge in [-0.2, -0.15) is 0 Å². The smallest absolute Gasteiger partial charge is 0.261 e. The van der Waals surface area contributed by atoms with Gasteiger partial charge in [0.05, 0.1) is 0 Å². The number of hydrogen-bond acceptors (Lipinski definition) is 2. The molecule has 1 heterocycles. The fourth-order valence-electron chi connectivity index (χ4n) is 2.85. The van der Waals surface area contributed by atoms with Gasteiger partial charge in [0.25, 0.3) is 11.5 Å². The summed E-state index contributed by atoms with van der Waals surface area (Å²) in [6, 6.07) is 19.4. The van der Waals surface area contributed by atoms with Crippen LogP contribution in [-0.4, -0.2) is 10.9 Å². The van der Waals surface area contributed by atoms with Crippen LogP contribution in [0.4, 0.5) is 5.69 Å². The third-order valence-corrected chi connectivity index (χ3v) is 4.27. The number of anilines is 1. The maximum absolute atomic E-state index is 12.3. The van der Waals surface area contributed by atoms with E-state index >= 15 is 0 Å². The molecule has 2 N–H and O–H groups in total. The summed E-state index contributed by atoms with van der Waals surface area (Å²) in [7, 11) is 0. The Morgan fingerprint density at radius 3 is 2.12 bits per heavy atom. The van der Waals surface area contributed by atoms with Crippen LogP contribution < -0.4 is 10.9 Å². The van der Waals surface area contributed by atoms with Crippen molar-refractivity contribution in [2.45, 2.75) is 26.7 Å². The zero-order chi connectivity index (χ0) is 18.5. The summed E-state index contributed by atoms with van der Waals surface area (Å²) in [6.07, 6.45) is 2.22. The molecule has 1 amide bonds. The number of amides is 1. The first-order valence-electron chi connectivity index (χ1n) is 8.77. The van der Waals surface area contributed by atoms with Crippen molar-refractivity contribution in [1.82, 2.24) is 4.98 Å². The molecule has 0 spiro atoms. The van der Waals surface area contributed by atoms with Gasteiger partial charge in [-0.15, -0.1) is 0 Å². The van der Waals surface area contributed by atoms with Crippen LogP contribution in [-0.2, 0) is 6.42 Å². The molecule has 0 aliphatic heterocycles. The Balaban J connectivity index is 1.73. The van der Waals surface area contributed by atoms with Gasteiger partial charge in [-0.25, -0.2) is 0 Å². The molecule has 0 unspecified atom stereocenters. The highest BCUT2D eigenvalue weighted by Gasteiger charge is 2.10. The van der Waals surface area contributed by atoms with E-state index in [4.69, 9.17) is 0 Å². The number of pyridine rings is 1. The molecule has 3 rings (SSSR count). The molecule has 0 atom stereocenters. The molecular weight excluding hydrogens is 324 g/mol. The van der Waals surface area contributed by atoms with Crippen molar-refractivity contribution in [2.75, 3.05) is 5.32 Å². The Bertz CT molecular complexity index is 955. The first kappa shape index (κ1) is 17.7. The van der Waals surface area contributed by atoms with Gasteiger partial charge in [0, 0.05) is 11.4 Å². The minimum Gasteiger partial charge on any atom is -0.326 e. The van der Waals surface area contributed by atoms with Crippen molar-refractivity contribution in [3.8, 4) is 11.1 Å². The van der Waals surface area contributed by atoms with Gasteiger partial charge in [-0.3, -0.25) is 9.59 Å². The van der Waals surface area contributed by atoms with Crippen LogP contribution in [0.5, 0.6) is 0 Å². The van der Waals surface area contributed by atoms with Crippen LogP contribution in [0.3, 0.4) is 0 Å². The third-order valence-electron chi connectivity index (χ3n) is 4.27. The molecule has 3 aromatic rings. The van der Waals surface area contributed by atoms with Crippen molar-refractivity contribution in [2.24, 2.45) is 0 Å². The van der Waals surface area contributed by atoms with Crippen LogP contribution in [0.15, 0.2) is 65.5 Å². The third kappa shape index (κ3) is 4.09. The number of carbonyl (C=O) groups is 1. The van der Waals surface area contributed by atoms with E-state index in [0.717, 1.165) is 29.7 Å². The molecule has 26 heavy (non-hydrogen) atoms. The lowest BCUT2D eigenvalue weighted by molar-refractivity contribution is 0.102. The van der Waals surface area contributed by atoms with Gasteiger partial charge < -0.3 is 10.3 Å². The molecule has 132 valence electrons. The second kappa shape index (κ2) is 7.83. The minimum absolute atomic E-state index is 0.103. The lowest BCUT2D eigenvalue weighted by atomic mass is 10.0. The molecule has 0 radical (unpaired) electrons. The van der Waals surface area contributed by atoms with Gasteiger partial charge >= 0.3 is 0 Å².